The number of benzene rings is 1. The molecule has 0 radical (unpaired) electrons. The van der Waals surface area contributed by atoms with E-state index in [1.807, 2.05) is 26.0 Å². The van der Waals surface area contributed by atoms with E-state index in [9.17, 15) is 9.59 Å². The largest absolute Gasteiger partial charge is 0.494 e. The van der Waals surface area contributed by atoms with Gasteiger partial charge in [-0.1, -0.05) is 0 Å². The molecule has 0 aliphatic carbocycles. The average Bonchev–Trinajstić information content (AvgIpc) is 3.03. The van der Waals surface area contributed by atoms with Crippen molar-refractivity contribution >= 4 is 11.7 Å². The fourth-order valence-corrected chi connectivity index (χ4v) is 2.81. The summed E-state index contributed by atoms with van der Waals surface area (Å²) in [6, 6.07) is 5.41. The lowest BCUT2D eigenvalue weighted by atomic mass is 10.0. The van der Waals surface area contributed by atoms with Crippen molar-refractivity contribution in [2.45, 2.75) is 39.2 Å². The van der Waals surface area contributed by atoms with E-state index in [0.717, 1.165) is 17.7 Å². The van der Waals surface area contributed by atoms with Crippen LogP contribution in [0.5, 0.6) is 5.75 Å². The Hall–Kier alpha value is -1.88. The van der Waals surface area contributed by atoms with Crippen LogP contribution in [0.3, 0.4) is 0 Å². The molecule has 1 aliphatic heterocycles. The number of ether oxygens (including phenoxy) is 2. The zero-order chi connectivity index (χ0) is 16.8. The van der Waals surface area contributed by atoms with Crippen LogP contribution in [0.2, 0.25) is 0 Å². The first-order chi connectivity index (χ1) is 11.0. The zero-order valence-corrected chi connectivity index (χ0v) is 14.1. The Balaban J connectivity index is 1.87. The Bertz CT molecular complexity index is 570. The van der Waals surface area contributed by atoms with Gasteiger partial charge in [-0.05, 0) is 44.0 Å². The summed E-state index contributed by atoms with van der Waals surface area (Å²) in [5.74, 6) is 0.815. The highest BCUT2D eigenvalue weighted by atomic mass is 16.5. The van der Waals surface area contributed by atoms with Crippen LogP contribution in [-0.4, -0.2) is 49.5 Å². The molecule has 0 N–H and O–H groups in total. The number of carbonyl (C=O) groups excluding carboxylic acids is 2. The third-order valence-electron chi connectivity index (χ3n) is 4.19. The van der Waals surface area contributed by atoms with E-state index in [1.54, 1.807) is 18.1 Å². The van der Waals surface area contributed by atoms with E-state index in [2.05, 4.69) is 0 Å². The molecule has 1 aliphatic rings. The molecule has 1 heterocycles. The number of methoxy groups -OCH3 is 1. The van der Waals surface area contributed by atoms with Crippen molar-refractivity contribution in [3.63, 3.8) is 0 Å². The molecular formula is C18H25NO4. The normalized spacial score (nSPS) is 17.3. The SMILES string of the molecule is CCOc1ccc(C(=O)CCC(=O)N2CCC(OC)C2)cc1C. The molecule has 0 spiro atoms. The number of nitrogens with zero attached hydrogens (tertiary/aromatic N) is 1. The molecule has 126 valence electrons. The lowest BCUT2D eigenvalue weighted by Gasteiger charge is -2.16. The highest BCUT2D eigenvalue weighted by molar-refractivity contribution is 5.98. The van der Waals surface area contributed by atoms with Crippen LogP contribution in [0.4, 0.5) is 0 Å². The van der Waals surface area contributed by atoms with E-state index in [1.165, 1.54) is 0 Å². The van der Waals surface area contributed by atoms with Crippen LogP contribution >= 0.6 is 0 Å². The van der Waals surface area contributed by atoms with Crippen LogP contribution in [0.1, 0.15) is 42.1 Å². The van der Waals surface area contributed by atoms with E-state index in [0.29, 0.717) is 25.3 Å². The van der Waals surface area contributed by atoms with Crippen molar-refractivity contribution in [2.24, 2.45) is 0 Å². The maximum absolute atomic E-state index is 12.3. The molecule has 2 rings (SSSR count). The number of Topliss-reactive ketones (excluding diaryl/α,β-unsaturated/α-hetero) is 1. The Morgan fingerprint density at radius 2 is 2.09 bits per heavy atom. The summed E-state index contributed by atoms with van der Waals surface area (Å²) < 4.78 is 10.7. The van der Waals surface area contributed by atoms with Crippen LogP contribution in [0, 0.1) is 6.92 Å². The highest BCUT2D eigenvalue weighted by Crippen LogP contribution is 2.20. The summed E-state index contributed by atoms with van der Waals surface area (Å²) in [5, 5.41) is 0. The number of aryl methyl sites for hydroxylation is 1. The van der Waals surface area contributed by atoms with Crippen molar-refractivity contribution in [2.75, 3.05) is 26.8 Å². The molecule has 1 unspecified atom stereocenters. The second kappa shape index (κ2) is 8.11. The van der Waals surface area contributed by atoms with Gasteiger partial charge < -0.3 is 14.4 Å². The van der Waals surface area contributed by atoms with Gasteiger partial charge in [0.2, 0.25) is 5.91 Å². The summed E-state index contributed by atoms with van der Waals surface area (Å²) in [4.78, 5) is 26.2. The standard InChI is InChI=1S/C18H25NO4/c1-4-23-17-7-5-14(11-13(17)2)16(20)6-8-18(21)19-10-9-15(12-19)22-3/h5,7,11,15H,4,6,8-10,12H2,1-3H3. The maximum atomic E-state index is 12.3. The topological polar surface area (TPSA) is 55.8 Å². The van der Waals surface area contributed by atoms with Gasteiger partial charge in [-0.15, -0.1) is 0 Å². The molecule has 1 fully saturated rings. The van der Waals surface area contributed by atoms with Crippen molar-refractivity contribution in [1.29, 1.82) is 0 Å². The highest BCUT2D eigenvalue weighted by Gasteiger charge is 2.26. The van der Waals surface area contributed by atoms with Gasteiger partial charge in [0, 0.05) is 38.6 Å². The molecule has 1 saturated heterocycles. The number of carbonyl (C=O) groups is 2. The minimum atomic E-state index is -0.00742. The van der Waals surface area contributed by atoms with E-state index >= 15 is 0 Å². The molecule has 0 bridgehead atoms. The Morgan fingerprint density at radius 1 is 1.30 bits per heavy atom. The van der Waals surface area contributed by atoms with Crippen molar-refractivity contribution < 1.29 is 19.1 Å². The monoisotopic (exact) mass is 319 g/mol. The number of hydrogen-bond acceptors (Lipinski definition) is 4. The van der Waals surface area contributed by atoms with Crippen molar-refractivity contribution in [1.82, 2.24) is 4.90 Å². The Morgan fingerprint density at radius 3 is 2.70 bits per heavy atom. The molecule has 0 aromatic heterocycles. The maximum Gasteiger partial charge on any atom is 0.223 e. The van der Waals surface area contributed by atoms with Gasteiger partial charge in [0.25, 0.3) is 0 Å². The van der Waals surface area contributed by atoms with E-state index in [-0.39, 0.29) is 30.6 Å². The summed E-state index contributed by atoms with van der Waals surface area (Å²) in [6.07, 6.45) is 1.49. The zero-order valence-electron chi connectivity index (χ0n) is 14.1. The molecule has 0 saturated carbocycles. The third-order valence-corrected chi connectivity index (χ3v) is 4.19. The van der Waals surface area contributed by atoms with Gasteiger partial charge in [-0.3, -0.25) is 9.59 Å². The van der Waals surface area contributed by atoms with Crippen LogP contribution < -0.4 is 4.74 Å². The van der Waals surface area contributed by atoms with Gasteiger partial charge in [-0.2, -0.15) is 0 Å². The molecule has 23 heavy (non-hydrogen) atoms. The minimum Gasteiger partial charge on any atom is -0.494 e. The number of rotatable bonds is 7. The lowest BCUT2D eigenvalue weighted by molar-refractivity contribution is -0.130. The summed E-state index contributed by atoms with van der Waals surface area (Å²) in [5.41, 5.74) is 1.57. The molecule has 5 nitrogen and oxygen atoms in total. The van der Waals surface area contributed by atoms with Crippen molar-refractivity contribution in [3.05, 3.63) is 29.3 Å². The predicted molar refractivity (Wildman–Crippen MR) is 87.9 cm³/mol. The first-order valence-electron chi connectivity index (χ1n) is 8.12. The van der Waals surface area contributed by atoms with Gasteiger partial charge in [0.05, 0.1) is 12.7 Å². The fraction of sp³-hybridized carbons (Fsp3) is 0.556. The molecule has 1 atom stereocenters. The van der Waals surface area contributed by atoms with Crippen molar-refractivity contribution in [3.8, 4) is 5.75 Å². The predicted octanol–water partition coefficient (Wildman–Crippen LogP) is 2.60. The van der Waals surface area contributed by atoms with Crippen LogP contribution in [0.15, 0.2) is 18.2 Å². The molecule has 5 heteroatoms. The second-order valence-corrected chi connectivity index (χ2v) is 5.82. The molecule has 1 aromatic rings. The quantitative estimate of drug-likeness (QED) is 0.725. The average molecular weight is 319 g/mol. The first-order valence-corrected chi connectivity index (χ1v) is 8.12. The Kier molecular flexibility index (Phi) is 6.16. The third kappa shape index (κ3) is 4.55. The molecular weight excluding hydrogens is 294 g/mol. The first kappa shape index (κ1) is 17.5. The van der Waals surface area contributed by atoms with Gasteiger partial charge in [-0.25, -0.2) is 0 Å². The van der Waals surface area contributed by atoms with Gasteiger partial charge in [0.15, 0.2) is 5.78 Å². The molecule has 1 amide bonds. The van der Waals surface area contributed by atoms with Crippen LogP contribution in [0.25, 0.3) is 0 Å². The second-order valence-electron chi connectivity index (χ2n) is 5.82. The summed E-state index contributed by atoms with van der Waals surface area (Å²) >= 11 is 0. The molecule has 1 aromatic carbocycles. The lowest BCUT2D eigenvalue weighted by Crippen LogP contribution is -2.30. The Labute approximate surface area is 137 Å². The number of amides is 1. The van der Waals surface area contributed by atoms with E-state index < -0.39 is 0 Å². The van der Waals surface area contributed by atoms with Crippen LogP contribution in [-0.2, 0) is 9.53 Å². The number of hydrogen-bond donors (Lipinski definition) is 0. The minimum absolute atomic E-state index is 0.00742. The summed E-state index contributed by atoms with van der Waals surface area (Å²) in [6.45, 7) is 5.79. The number of likely N-dealkylation sites (tertiary alicyclic amines) is 1. The van der Waals surface area contributed by atoms with E-state index in [4.69, 9.17) is 9.47 Å². The fourth-order valence-electron chi connectivity index (χ4n) is 2.81. The summed E-state index contributed by atoms with van der Waals surface area (Å²) in [7, 11) is 1.66. The number of ketones is 1. The van der Waals surface area contributed by atoms with Gasteiger partial charge in [0.1, 0.15) is 5.75 Å². The smallest absolute Gasteiger partial charge is 0.223 e. The van der Waals surface area contributed by atoms with Gasteiger partial charge >= 0.3 is 0 Å².